The summed E-state index contributed by atoms with van der Waals surface area (Å²) < 4.78 is 29.0. The molecule has 1 aromatic heterocycles. The number of benzene rings is 1. The number of carbonyl (C=O) groups excluding carboxylic acids is 1. The number of likely N-dealkylation sites (tertiary alicyclic amines) is 1. The standard InChI is InChI=1S/C22H24Cl2F2N6O/c1-13-7-22(25,26)12-32(18(13)11-31-21-29-8-16(24)9-30-21)20(33)19(27)17(10-28-2)14-4-3-5-15(23)6-14/h3-6,8-10,13,18H,7,11-12,27H2,1-2H3,(H,29,30,31). The van der Waals surface area contributed by atoms with Crippen molar-refractivity contribution >= 4 is 46.8 Å². The third kappa shape index (κ3) is 6.17. The van der Waals surface area contributed by atoms with E-state index in [9.17, 15) is 13.6 Å². The van der Waals surface area contributed by atoms with Crippen LogP contribution in [0.1, 0.15) is 18.9 Å². The number of piperidine rings is 1. The largest absolute Gasteiger partial charge is 0.394 e. The van der Waals surface area contributed by atoms with Crippen LogP contribution in [0.5, 0.6) is 0 Å². The highest BCUT2D eigenvalue weighted by molar-refractivity contribution is 6.31. The number of halogens is 4. The fourth-order valence-corrected chi connectivity index (χ4v) is 4.12. The number of carbonyl (C=O) groups is 1. The maximum absolute atomic E-state index is 14.5. The highest BCUT2D eigenvalue weighted by atomic mass is 35.5. The zero-order chi connectivity index (χ0) is 24.2. The molecule has 176 valence electrons. The Kier molecular flexibility index (Phi) is 7.86. The van der Waals surface area contributed by atoms with E-state index >= 15 is 0 Å². The number of hydrogen-bond acceptors (Lipinski definition) is 6. The normalized spacial score (nSPS) is 21.1. The predicted octanol–water partition coefficient (Wildman–Crippen LogP) is 4.14. The van der Waals surface area contributed by atoms with Crippen molar-refractivity contribution < 1.29 is 13.6 Å². The van der Waals surface area contributed by atoms with Gasteiger partial charge in [0.05, 0.1) is 30.0 Å². The molecule has 7 nitrogen and oxygen atoms in total. The predicted molar refractivity (Wildman–Crippen MR) is 127 cm³/mol. The Bertz CT molecular complexity index is 1060. The van der Waals surface area contributed by atoms with Crippen molar-refractivity contribution in [1.82, 2.24) is 14.9 Å². The summed E-state index contributed by atoms with van der Waals surface area (Å²) in [5.74, 6) is -3.99. The summed E-state index contributed by atoms with van der Waals surface area (Å²) in [5.41, 5.74) is 6.90. The molecule has 0 spiro atoms. The second-order valence-corrected chi connectivity index (χ2v) is 8.74. The Morgan fingerprint density at radius 2 is 2.03 bits per heavy atom. The number of nitrogens with zero attached hydrogens (tertiary/aromatic N) is 4. The molecule has 2 atom stereocenters. The van der Waals surface area contributed by atoms with Crippen LogP contribution in [0.3, 0.4) is 0 Å². The third-order valence-corrected chi connectivity index (χ3v) is 5.77. The number of alkyl halides is 2. The summed E-state index contributed by atoms with van der Waals surface area (Å²) in [7, 11) is 1.53. The smallest absolute Gasteiger partial charge is 0.270 e. The zero-order valence-electron chi connectivity index (χ0n) is 18.1. The zero-order valence-corrected chi connectivity index (χ0v) is 19.6. The highest BCUT2D eigenvalue weighted by Gasteiger charge is 2.46. The molecule has 1 amide bonds. The summed E-state index contributed by atoms with van der Waals surface area (Å²) in [4.78, 5) is 26.6. The molecule has 1 aliphatic heterocycles. The van der Waals surface area contributed by atoms with Crippen molar-refractivity contribution in [2.75, 3.05) is 25.5 Å². The van der Waals surface area contributed by atoms with Gasteiger partial charge in [0.25, 0.3) is 11.8 Å². The van der Waals surface area contributed by atoms with Gasteiger partial charge in [-0.3, -0.25) is 9.79 Å². The molecule has 1 aliphatic rings. The average Bonchev–Trinajstić information content (AvgIpc) is 2.76. The van der Waals surface area contributed by atoms with Gasteiger partial charge in [-0.05, 0) is 23.6 Å². The van der Waals surface area contributed by atoms with Gasteiger partial charge in [0, 0.05) is 36.8 Å². The first-order valence-corrected chi connectivity index (χ1v) is 10.9. The summed E-state index contributed by atoms with van der Waals surface area (Å²) >= 11 is 11.9. The lowest BCUT2D eigenvalue weighted by Crippen LogP contribution is -2.58. The number of anilines is 1. The van der Waals surface area contributed by atoms with Crippen LogP contribution in [0, 0.1) is 5.92 Å². The van der Waals surface area contributed by atoms with E-state index in [2.05, 4.69) is 20.3 Å². The van der Waals surface area contributed by atoms with Crippen LogP contribution in [0.4, 0.5) is 14.7 Å². The van der Waals surface area contributed by atoms with Crippen LogP contribution in [0.25, 0.3) is 5.57 Å². The van der Waals surface area contributed by atoms with Gasteiger partial charge < -0.3 is 16.0 Å². The van der Waals surface area contributed by atoms with E-state index in [0.29, 0.717) is 21.2 Å². The van der Waals surface area contributed by atoms with E-state index in [1.54, 1.807) is 31.2 Å². The van der Waals surface area contributed by atoms with Gasteiger partial charge in [-0.15, -0.1) is 0 Å². The molecule has 1 aromatic carbocycles. The van der Waals surface area contributed by atoms with Crippen LogP contribution in [-0.4, -0.2) is 59.1 Å². The van der Waals surface area contributed by atoms with Crippen molar-refractivity contribution in [3.05, 3.63) is 58.0 Å². The average molecular weight is 497 g/mol. The van der Waals surface area contributed by atoms with Crippen LogP contribution < -0.4 is 11.1 Å². The Morgan fingerprint density at radius 1 is 1.33 bits per heavy atom. The van der Waals surface area contributed by atoms with Gasteiger partial charge in [0.1, 0.15) is 5.70 Å². The maximum atomic E-state index is 14.5. The van der Waals surface area contributed by atoms with Gasteiger partial charge in [0.2, 0.25) is 5.95 Å². The fraction of sp³-hybridized carbons (Fsp3) is 0.364. The molecule has 1 saturated heterocycles. The van der Waals surface area contributed by atoms with Crippen molar-refractivity contribution in [3.63, 3.8) is 0 Å². The number of allylic oxidation sites excluding steroid dienone is 1. The molecule has 3 N–H and O–H groups in total. The molecule has 0 aliphatic carbocycles. The lowest BCUT2D eigenvalue weighted by atomic mass is 9.88. The number of rotatable bonds is 6. The molecule has 0 saturated carbocycles. The first-order valence-electron chi connectivity index (χ1n) is 10.2. The lowest BCUT2D eigenvalue weighted by Gasteiger charge is -2.43. The molecule has 33 heavy (non-hydrogen) atoms. The maximum Gasteiger partial charge on any atom is 0.270 e. The second kappa shape index (κ2) is 10.4. The number of hydrogen-bond donors (Lipinski definition) is 2. The minimum atomic E-state index is -3.04. The minimum Gasteiger partial charge on any atom is -0.394 e. The van der Waals surface area contributed by atoms with Gasteiger partial charge in [-0.2, -0.15) is 0 Å². The topological polar surface area (TPSA) is 96.5 Å². The van der Waals surface area contributed by atoms with E-state index in [0.717, 1.165) is 4.90 Å². The fourth-order valence-electron chi connectivity index (χ4n) is 3.83. The van der Waals surface area contributed by atoms with Gasteiger partial charge >= 0.3 is 0 Å². The minimum absolute atomic E-state index is 0.159. The van der Waals surface area contributed by atoms with Crippen molar-refractivity contribution in [1.29, 1.82) is 0 Å². The van der Waals surface area contributed by atoms with E-state index in [4.69, 9.17) is 28.9 Å². The van der Waals surface area contributed by atoms with Crippen LogP contribution in [-0.2, 0) is 4.79 Å². The van der Waals surface area contributed by atoms with Gasteiger partial charge in [-0.1, -0.05) is 42.3 Å². The molecule has 2 unspecified atom stereocenters. The molecule has 0 bridgehead atoms. The third-order valence-electron chi connectivity index (χ3n) is 5.34. The highest BCUT2D eigenvalue weighted by Crippen LogP contribution is 2.35. The Morgan fingerprint density at radius 3 is 2.67 bits per heavy atom. The lowest BCUT2D eigenvalue weighted by molar-refractivity contribution is -0.148. The van der Waals surface area contributed by atoms with Crippen molar-refractivity contribution in [3.8, 4) is 0 Å². The van der Waals surface area contributed by atoms with E-state index in [-0.39, 0.29) is 24.6 Å². The number of nitrogens with two attached hydrogens (primary N) is 1. The SMILES string of the molecule is CN=CC(=C(N)C(=O)N1CC(F)(F)CC(C)C1CNc1ncc(Cl)cn1)c1cccc(Cl)c1. The second-order valence-electron chi connectivity index (χ2n) is 7.87. The van der Waals surface area contributed by atoms with Crippen LogP contribution in [0.15, 0.2) is 47.3 Å². The number of amides is 1. The molecule has 11 heteroatoms. The quantitative estimate of drug-likeness (QED) is 0.462. The molecule has 3 rings (SSSR count). The first-order chi connectivity index (χ1) is 15.6. The molecular weight excluding hydrogens is 473 g/mol. The van der Waals surface area contributed by atoms with Crippen LogP contribution in [0.2, 0.25) is 10.0 Å². The van der Waals surface area contributed by atoms with Gasteiger partial charge in [0.15, 0.2) is 0 Å². The van der Waals surface area contributed by atoms with E-state index in [1.807, 2.05) is 0 Å². The van der Waals surface area contributed by atoms with Crippen LogP contribution >= 0.6 is 23.2 Å². The Labute approximate surface area is 200 Å². The van der Waals surface area contributed by atoms with Crippen molar-refractivity contribution in [2.45, 2.75) is 25.3 Å². The molecule has 0 radical (unpaired) electrons. The number of aliphatic imine (C=N–C) groups is 1. The summed E-state index contributed by atoms with van der Waals surface area (Å²) in [6.45, 7) is 1.08. The summed E-state index contributed by atoms with van der Waals surface area (Å²) in [6.07, 6.45) is 3.89. The number of aromatic nitrogens is 2. The summed E-state index contributed by atoms with van der Waals surface area (Å²) in [6, 6.07) is 6.15. The summed E-state index contributed by atoms with van der Waals surface area (Å²) in [5, 5.41) is 3.81. The first kappa shape index (κ1) is 24.9. The molecule has 2 heterocycles. The molecule has 2 aromatic rings. The van der Waals surface area contributed by atoms with Crippen molar-refractivity contribution in [2.24, 2.45) is 16.6 Å². The van der Waals surface area contributed by atoms with Gasteiger partial charge in [-0.25, -0.2) is 18.7 Å². The monoisotopic (exact) mass is 496 g/mol. The van der Waals surface area contributed by atoms with E-state index < -0.39 is 30.3 Å². The number of nitrogens with one attached hydrogen (secondary N) is 1. The molecular formula is C22H24Cl2F2N6O. The Hall–Kier alpha value is -2.78. The van der Waals surface area contributed by atoms with E-state index in [1.165, 1.54) is 25.7 Å². The molecule has 1 fully saturated rings. The Balaban J connectivity index is 1.93.